The Kier molecular flexibility index (Phi) is 8.36. The van der Waals surface area contributed by atoms with Crippen LogP contribution < -0.4 is 10.3 Å². The Bertz CT molecular complexity index is 846. The zero-order valence-corrected chi connectivity index (χ0v) is 18.2. The van der Waals surface area contributed by atoms with E-state index < -0.39 is 11.4 Å². The van der Waals surface area contributed by atoms with Crippen molar-refractivity contribution in [3.05, 3.63) is 34.1 Å². The zero-order valence-electron chi connectivity index (χ0n) is 17.3. The molecule has 1 aliphatic rings. The van der Waals surface area contributed by atoms with Gasteiger partial charge in [-0.2, -0.15) is 11.8 Å². The number of ether oxygens (including phenoxy) is 2. The highest BCUT2D eigenvalue weighted by atomic mass is 32.2. The summed E-state index contributed by atoms with van der Waals surface area (Å²) in [6, 6.07) is 2.98. The number of halogens is 1. The SMILES string of the molecule is CCCC(CCC)COc1cc(F)c2c(=O)[nH]c(CSC3CCOCC3)nc2c1. The number of H-pyrrole nitrogens is 1. The average molecular weight is 423 g/mol. The van der Waals surface area contributed by atoms with Crippen LogP contribution in [0.25, 0.3) is 10.9 Å². The third-order valence-electron chi connectivity index (χ3n) is 5.29. The quantitative estimate of drug-likeness (QED) is 0.579. The van der Waals surface area contributed by atoms with Crippen LogP contribution in [0.3, 0.4) is 0 Å². The van der Waals surface area contributed by atoms with Crippen LogP contribution in [-0.2, 0) is 10.5 Å². The number of hydrogen-bond donors (Lipinski definition) is 1. The minimum absolute atomic E-state index is 0.00386. The molecular formula is C22H31FN2O3S. The summed E-state index contributed by atoms with van der Waals surface area (Å²) < 4.78 is 25.8. The molecular weight excluding hydrogens is 391 g/mol. The van der Waals surface area contributed by atoms with E-state index in [0.29, 0.717) is 40.6 Å². The van der Waals surface area contributed by atoms with Crippen LogP contribution in [-0.4, -0.2) is 35.0 Å². The molecule has 1 aliphatic heterocycles. The molecule has 2 aromatic rings. The molecule has 0 spiro atoms. The van der Waals surface area contributed by atoms with Gasteiger partial charge in [-0.3, -0.25) is 4.79 Å². The van der Waals surface area contributed by atoms with E-state index in [0.717, 1.165) is 51.7 Å². The van der Waals surface area contributed by atoms with Crippen molar-refractivity contribution in [2.24, 2.45) is 5.92 Å². The Morgan fingerprint density at radius 2 is 2.00 bits per heavy atom. The highest BCUT2D eigenvalue weighted by Crippen LogP contribution is 2.26. The number of thioether (sulfide) groups is 1. The Morgan fingerprint density at radius 1 is 1.28 bits per heavy atom. The molecule has 1 N–H and O–H groups in total. The summed E-state index contributed by atoms with van der Waals surface area (Å²) in [5.74, 6) is 1.48. The van der Waals surface area contributed by atoms with Gasteiger partial charge >= 0.3 is 0 Å². The molecule has 0 saturated carbocycles. The van der Waals surface area contributed by atoms with Crippen molar-refractivity contribution in [2.75, 3.05) is 19.8 Å². The molecule has 29 heavy (non-hydrogen) atoms. The number of nitrogens with one attached hydrogen (secondary N) is 1. The fourth-order valence-corrected chi connectivity index (χ4v) is 4.84. The van der Waals surface area contributed by atoms with Crippen molar-refractivity contribution in [1.82, 2.24) is 9.97 Å². The van der Waals surface area contributed by atoms with Gasteiger partial charge < -0.3 is 14.5 Å². The number of fused-ring (bicyclic) bond motifs is 1. The molecule has 1 fully saturated rings. The van der Waals surface area contributed by atoms with Crippen molar-refractivity contribution in [2.45, 2.75) is 63.4 Å². The fourth-order valence-electron chi connectivity index (χ4n) is 3.78. The summed E-state index contributed by atoms with van der Waals surface area (Å²) in [6.45, 7) is 6.44. The monoisotopic (exact) mass is 422 g/mol. The van der Waals surface area contributed by atoms with E-state index in [9.17, 15) is 9.18 Å². The second-order valence-electron chi connectivity index (χ2n) is 7.69. The van der Waals surface area contributed by atoms with E-state index in [4.69, 9.17) is 9.47 Å². The van der Waals surface area contributed by atoms with Crippen molar-refractivity contribution in [3.8, 4) is 5.75 Å². The van der Waals surface area contributed by atoms with Crippen molar-refractivity contribution in [3.63, 3.8) is 0 Å². The lowest BCUT2D eigenvalue weighted by atomic mass is 9.99. The van der Waals surface area contributed by atoms with E-state index in [1.54, 1.807) is 17.8 Å². The average Bonchev–Trinajstić information content (AvgIpc) is 2.71. The van der Waals surface area contributed by atoms with Crippen LogP contribution in [0.15, 0.2) is 16.9 Å². The zero-order chi connectivity index (χ0) is 20.6. The Hall–Kier alpha value is -1.60. The molecule has 0 aliphatic carbocycles. The highest BCUT2D eigenvalue weighted by Gasteiger charge is 2.17. The molecule has 1 aromatic carbocycles. The number of rotatable bonds is 10. The first kappa shape index (κ1) is 22.1. The molecule has 0 radical (unpaired) electrons. The largest absolute Gasteiger partial charge is 0.493 e. The summed E-state index contributed by atoms with van der Waals surface area (Å²) in [7, 11) is 0. The standard InChI is InChI=1S/C22H31FN2O3S/c1-3-5-15(6-4-2)13-28-16-11-18(23)21-19(12-16)24-20(25-22(21)26)14-29-17-7-9-27-10-8-17/h11-12,15,17H,3-10,13-14H2,1-2H3,(H,24,25,26). The molecule has 7 heteroatoms. The molecule has 0 unspecified atom stereocenters. The van der Waals surface area contributed by atoms with Gasteiger partial charge in [0.2, 0.25) is 0 Å². The molecule has 0 atom stereocenters. The second-order valence-corrected chi connectivity index (χ2v) is 8.98. The summed E-state index contributed by atoms with van der Waals surface area (Å²) >= 11 is 1.76. The van der Waals surface area contributed by atoms with Gasteiger partial charge in [-0.15, -0.1) is 0 Å². The van der Waals surface area contributed by atoms with Crippen molar-refractivity contribution < 1.29 is 13.9 Å². The lowest BCUT2D eigenvalue weighted by Gasteiger charge is -2.21. The Morgan fingerprint density at radius 3 is 2.69 bits per heavy atom. The normalized spacial score (nSPS) is 15.3. The summed E-state index contributed by atoms with van der Waals surface area (Å²) in [5, 5.41) is 0.501. The van der Waals surface area contributed by atoms with Gasteiger partial charge in [-0.05, 0) is 31.6 Å². The smallest absolute Gasteiger partial charge is 0.261 e. The number of nitrogens with zero attached hydrogens (tertiary/aromatic N) is 1. The van der Waals surface area contributed by atoms with E-state index in [2.05, 4.69) is 23.8 Å². The van der Waals surface area contributed by atoms with Gasteiger partial charge in [0.05, 0.1) is 17.9 Å². The lowest BCUT2D eigenvalue weighted by Crippen LogP contribution is -2.18. The van der Waals surface area contributed by atoms with E-state index in [-0.39, 0.29) is 5.39 Å². The van der Waals surface area contributed by atoms with Gasteiger partial charge in [0.25, 0.3) is 5.56 Å². The molecule has 3 rings (SSSR count). The van der Waals surface area contributed by atoms with Crippen LogP contribution in [0.1, 0.15) is 58.2 Å². The minimum Gasteiger partial charge on any atom is -0.493 e. The first-order chi connectivity index (χ1) is 14.1. The maximum absolute atomic E-state index is 14.6. The van der Waals surface area contributed by atoms with Gasteiger partial charge in [0.15, 0.2) is 0 Å². The maximum Gasteiger partial charge on any atom is 0.261 e. The summed E-state index contributed by atoms with van der Waals surface area (Å²) in [4.78, 5) is 19.7. The van der Waals surface area contributed by atoms with Crippen LogP contribution >= 0.6 is 11.8 Å². The highest BCUT2D eigenvalue weighted by molar-refractivity contribution is 7.99. The predicted molar refractivity (Wildman–Crippen MR) is 116 cm³/mol. The molecule has 160 valence electrons. The van der Waals surface area contributed by atoms with Crippen molar-refractivity contribution >= 4 is 22.7 Å². The molecule has 2 heterocycles. The van der Waals surface area contributed by atoms with Gasteiger partial charge in [0.1, 0.15) is 22.8 Å². The van der Waals surface area contributed by atoms with E-state index >= 15 is 0 Å². The second kappa shape index (κ2) is 11.0. The van der Waals surface area contributed by atoms with Gasteiger partial charge in [-0.25, -0.2) is 9.37 Å². The first-order valence-corrected chi connectivity index (χ1v) is 11.7. The van der Waals surface area contributed by atoms with Gasteiger partial charge in [0, 0.05) is 30.6 Å². The first-order valence-electron chi connectivity index (χ1n) is 10.6. The molecule has 1 aromatic heterocycles. The van der Waals surface area contributed by atoms with Crippen molar-refractivity contribution in [1.29, 1.82) is 0 Å². The summed E-state index contributed by atoms with van der Waals surface area (Å²) in [5.41, 5.74) is -0.0784. The molecule has 0 amide bonds. The number of aromatic amines is 1. The van der Waals surface area contributed by atoms with Gasteiger partial charge in [-0.1, -0.05) is 26.7 Å². The van der Waals surface area contributed by atoms with Crippen LogP contribution in [0, 0.1) is 11.7 Å². The molecule has 5 nitrogen and oxygen atoms in total. The predicted octanol–water partition coefficient (Wildman–Crippen LogP) is 5.07. The van der Waals surface area contributed by atoms with Crippen LogP contribution in [0.4, 0.5) is 4.39 Å². The van der Waals surface area contributed by atoms with E-state index in [1.165, 1.54) is 6.07 Å². The number of hydrogen-bond acceptors (Lipinski definition) is 5. The topological polar surface area (TPSA) is 64.2 Å². The molecule has 1 saturated heterocycles. The number of aromatic nitrogens is 2. The third kappa shape index (κ3) is 6.19. The minimum atomic E-state index is -0.586. The third-order valence-corrected chi connectivity index (χ3v) is 6.67. The molecule has 0 bridgehead atoms. The van der Waals surface area contributed by atoms with Crippen LogP contribution in [0.2, 0.25) is 0 Å². The maximum atomic E-state index is 14.6. The fraction of sp³-hybridized carbons (Fsp3) is 0.636. The number of benzene rings is 1. The Balaban J connectivity index is 1.74. The van der Waals surface area contributed by atoms with Crippen LogP contribution in [0.5, 0.6) is 5.75 Å². The van der Waals surface area contributed by atoms with E-state index in [1.807, 2.05) is 0 Å². The lowest BCUT2D eigenvalue weighted by molar-refractivity contribution is 0.1000. The Labute approximate surface area is 175 Å². The summed E-state index contributed by atoms with van der Waals surface area (Å²) in [6.07, 6.45) is 6.40.